The minimum absolute atomic E-state index is 0.226. The number of furan rings is 1. The van der Waals surface area contributed by atoms with Crippen LogP contribution in [0.4, 0.5) is 10.5 Å². The molecular weight excluding hydrogens is 424 g/mol. The van der Waals surface area contributed by atoms with Gasteiger partial charge in [0, 0.05) is 5.56 Å². The summed E-state index contributed by atoms with van der Waals surface area (Å²) in [5, 5.41) is 2.19. The summed E-state index contributed by atoms with van der Waals surface area (Å²) in [7, 11) is 1.31. The smallest absolute Gasteiger partial charge is 0.337 e. The van der Waals surface area contributed by atoms with Crippen LogP contribution in [0.2, 0.25) is 0 Å². The number of aryl methyl sites for hydroxylation is 1. The zero-order valence-electron chi connectivity index (χ0n) is 18.0. The van der Waals surface area contributed by atoms with Crippen LogP contribution in [-0.2, 0) is 20.7 Å². The lowest BCUT2D eigenvalue weighted by Crippen LogP contribution is -2.54. The van der Waals surface area contributed by atoms with E-state index in [0.717, 1.165) is 16.9 Å². The first-order valence-electron chi connectivity index (χ1n) is 10.2. The Morgan fingerprint density at radius 1 is 1.00 bits per heavy atom. The summed E-state index contributed by atoms with van der Waals surface area (Å²) in [6.45, 7) is 2.00. The van der Waals surface area contributed by atoms with Crippen LogP contribution in [0, 0.1) is 0 Å². The Labute approximate surface area is 189 Å². The van der Waals surface area contributed by atoms with Crippen molar-refractivity contribution < 1.29 is 28.3 Å². The predicted octanol–water partition coefficient (Wildman–Crippen LogP) is 3.96. The van der Waals surface area contributed by atoms with Crippen LogP contribution in [0.1, 0.15) is 28.6 Å². The molecule has 1 aromatic heterocycles. The van der Waals surface area contributed by atoms with Gasteiger partial charge in [-0.1, -0.05) is 31.2 Å². The van der Waals surface area contributed by atoms with Gasteiger partial charge in [-0.05, 0) is 54.5 Å². The van der Waals surface area contributed by atoms with E-state index in [1.165, 1.54) is 13.2 Å². The zero-order chi connectivity index (χ0) is 23.5. The van der Waals surface area contributed by atoms with Crippen molar-refractivity contribution >= 4 is 35.6 Å². The molecule has 2 heterocycles. The van der Waals surface area contributed by atoms with Crippen molar-refractivity contribution in [2.75, 3.05) is 12.0 Å². The van der Waals surface area contributed by atoms with Crippen molar-refractivity contribution in [2.24, 2.45) is 0 Å². The lowest BCUT2D eigenvalue weighted by atomic mass is 10.1. The molecule has 0 spiro atoms. The second-order valence-electron chi connectivity index (χ2n) is 7.25. The van der Waals surface area contributed by atoms with Crippen molar-refractivity contribution in [3.63, 3.8) is 0 Å². The summed E-state index contributed by atoms with van der Waals surface area (Å²) < 4.78 is 10.4. The second-order valence-corrected chi connectivity index (χ2v) is 7.25. The second kappa shape index (κ2) is 8.96. The van der Waals surface area contributed by atoms with Crippen molar-refractivity contribution in [3.8, 4) is 11.3 Å². The number of carbonyl (C=O) groups excluding carboxylic acids is 4. The molecule has 0 bridgehead atoms. The van der Waals surface area contributed by atoms with Gasteiger partial charge in [0.15, 0.2) is 0 Å². The monoisotopic (exact) mass is 444 g/mol. The number of esters is 1. The summed E-state index contributed by atoms with van der Waals surface area (Å²) in [4.78, 5) is 50.2. The maximum Gasteiger partial charge on any atom is 0.337 e. The van der Waals surface area contributed by atoms with E-state index in [2.05, 4.69) is 10.1 Å². The standard InChI is InChI=1S/C25H20N2O6/c1-3-15-4-10-18(11-5-15)27-23(29)20(22(28)26-25(27)31)14-19-12-13-21(33-19)16-6-8-17(9-7-16)24(30)32-2/h4-14H,3H2,1-2H3,(H,26,28,31)/b20-14-. The Bertz CT molecular complexity index is 1270. The van der Waals surface area contributed by atoms with E-state index < -0.39 is 23.8 Å². The molecule has 1 N–H and O–H groups in total. The molecule has 0 aliphatic carbocycles. The number of anilines is 1. The van der Waals surface area contributed by atoms with E-state index in [9.17, 15) is 19.2 Å². The molecule has 1 aliphatic rings. The summed E-state index contributed by atoms with van der Waals surface area (Å²) in [5.41, 5.74) is 2.28. The number of benzene rings is 2. The first-order valence-corrected chi connectivity index (χ1v) is 10.2. The topological polar surface area (TPSA) is 106 Å². The Morgan fingerprint density at radius 3 is 2.33 bits per heavy atom. The summed E-state index contributed by atoms with van der Waals surface area (Å²) in [5.74, 6) is -1.25. The Kier molecular flexibility index (Phi) is 5.91. The van der Waals surface area contributed by atoms with Crippen LogP contribution >= 0.6 is 0 Å². The number of methoxy groups -OCH3 is 1. The average molecular weight is 444 g/mol. The molecule has 4 rings (SSSR count). The van der Waals surface area contributed by atoms with Gasteiger partial charge in [-0.25, -0.2) is 14.5 Å². The summed E-state index contributed by atoms with van der Waals surface area (Å²) >= 11 is 0. The van der Waals surface area contributed by atoms with Gasteiger partial charge in [-0.15, -0.1) is 0 Å². The number of ether oxygens (including phenoxy) is 1. The highest BCUT2D eigenvalue weighted by atomic mass is 16.5. The van der Waals surface area contributed by atoms with Gasteiger partial charge in [-0.2, -0.15) is 0 Å². The Morgan fingerprint density at radius 2 is 1.70 bits per heavy atom. The molecule has 4 amide bonds. The van der Waals surface area contributed by atoms with Crippen LogP contribution < -0.4 is 10.2 Å². The number of carbonyl (C=O) groups is 4. The number of hydrogen-bond donors (Lipinski definition) is 1. The zero-order valence-corrected chi connectivity index (χ0v) is 18.0. The molecular formula is C25H20N2O6. The number of barbiturate groups is 1. The number of nitrogens with zero attached hydrogens (tertiary/aromatic N) is 1. The van der Waals surface area contributed by atoms with Gasteiger partial charge in [-0.3, -0.25) is 14.9 Å². The minimum atomic E-state index is -0.808. The van der Waals surface area contributed by atoms with Crippen LogP contribution in [-0.4, -0.2) is 30.9 Å². The van der Waals surface area contributed by atoms with Gasteiger partial charge < -0.3 is 9.15 Å². The minimum Gasteiger partial charge on any atom is -0.465 e. The molecule has 1 aliphatic heterocycles. The van der Waals surface area contributed by atoms with Crippen LogP contribution in [0.5, 0.6) is 0 Å². The van der Waals surface area contributed by atoms with Crippen LogP contribution in [0.15, 0.2) is 70.7 Å². The highest BCUT2D eigenvalue weighted by molar-refractivity contribution is 6.39. The number of amides is 4. The molecule has 8 nitrogen and oxygen atoms in total. The third kappa shape index (κ3) is 4.31. The van der Waals surface area contributed by atoms with E-state index in [-0.39, 0.29) is 11.3 Å². The highest BCUT2D eigenvalue weighted by Crippen LogP contribution is 2.26. The molecule has 0 atom stereocenters. The van der Waals surface area contributed by atoms with Gasteiger partial charge in [0.05, 0.1) is 18.4 Å². The molecule has 33 heavy (non-hydrogen) atoms. The maximum absolute atomic E-state index is 13.0. The first kappa shape index (κ1) is 21.8. The molecule has 8 heteroatoms. The normalized spacial score (nSPS) is 15.0. The van der Waals surface area contributed by atoms with Crippen molar-refractivity contribution in [1.29, 1.82) is 0 Å². The molecule has 0 unspecified atom stereocenters. The summed E-state index contributed by atoms with van der Waals surface area (Å²) in [6, 6.07) is 16.0. The third-order valence-electron chi connectivity index (χ3n) is 5.21. The number of rotatable bonds is 5. The van der Waals surface area contributed by atoms with E-state index >= 15 is 0 Å². The fourth-order valence-corrected chi connectivity index (χ4v) is 3.39. The quantitative estimate of drug-likeness (QED) is 0.363. The molecule has 166 valence electrons. The molecule has 1 fully saturated rings. The summed E-state index contributed by atoms with van der Waals surface area (Å²) in [6.07, 6.45) is 2.11. The number of imide groups is 2. The predicted molar refractivity (Wildman–Crippen MR) is 120 cm³/mol. The number of hydrogen-bond acceptors (Lipinski definition) is 6. The fraction of sp³-hybridized carbons (Fsp3) is 0.120. The third-order valence-corrected chi connectivity index (χ3v) is 5.21. The van der Waals surface area contributed by atoms with Crippen LogP contribution in [0.3, 0.4) is 0 Å². The van der Waals surface area contributed by atoms with E-state index in [0.29, 0.717) is 22.6 Å². The molecule has 2 aromatic carbocycles. The van der Waals surface area contributed by atoms with E-state index in [1.54, 1.807) is 48.5 Å². The fourth-order valence-electron chi connectivity index (χ4n) is 3.39. The van der Waals surface area contributed by atoms with Gasteiger partial charge in [0.2, 0.25) is 0 Å². The first-order chi connectivity index (χ1) is 15.9. The lowest BCUT2D eigenvalue weighted by molar-refractivity contribution is -0.122. The SMILES string of the molecule is CCc1ccc(N2C(=O)NC(=O)/C(=C/c3ccc(-c4ccc(C(=O)OC)cc4)o3)C2=O)cc1. The molecule has 0 radical (unpaired) electrons. The lowest BCUT2D eigenvalue weighted by Gasteiger charge is -2.26. The molecule has 0 saturated carbocycles. The van der Waals surface area contributed by atoms with Crippen LogP contribution in [0.25, 0.3) is 17.4 Å². The highest BCUT2D eigenvalue weighted by Gasteiger charge is 2.37. The maximum atomic E-state index is 13.0. The molecule has 3 aromatic rings. The van der Waals surface area contributed by atoms with Gasteiger partial charge >= 0.3 is 12.0 Å². The number of urea groups is 1. The van der Waals surface area contributed by atoms with Crippen molar-refractivity contribution in [2.45, 2.75) is 13.3 Å². The van der Waals surface area contributed by atoms with E-state index in [1.807, 2.05) is 19.1 Å². The molecule has 1 saturated heterocycles. The Balaban J connectivity index is 1.60. The number of nitrogens with one attached hydrogen (secondary N) is 1. The van der Waals surface area contributed by atoms with Crippen molar-refractivity contribution in [3.05, 3.63) is 83.1 Å². The van der Waals surface area contributed by atoms with Crippen molar-refractivity contribution in [1.82, 2.24) is 5.32 Å². The van der Waals surface area contributed by atoms with Gasteiger partial charge in [0.25, 0.3) is 11.8 Å². The van der Waals surface area contributed by atoms with E-state index in [4.69, 9.17) is 4.42 Å². The average Bonchev–Trinajstić information content (AvgIpc) is 3.30. The largest absolute Gasteiger partial charge is 0.465 e. The Hall–Kier alpha value is -4.46. The van der Waals surface area contributed by atoms with Gasteiger partial charge in [0.1, 0.15) is 17.1 Å².